The molecule has 1 heterocycles. The van der Waals surface area contributed by atoms with Gasteiger partial charge in [0.25, 0.3) is 0 Å². The molecule has 0 spiro atoms. The normalized spacial score (nSPS) is 11.1. The molecule has 1 aromatic rings. The van der Waals surface area contributed by atoms with Gasteiger partial charge in [-0.2, -0.15) is 5.10 Å². The van der Waals surface area contributed by atoms with Gasteiger partial charge in [-0.25, -0.2) is 0 Å². The minimum absolute atomic E-state index is 0.606. The molecule has 0 unspecified atom stereocenters. The van der Waals surface area contributed by atoms with Crippen molar-refractivity contribution in [3.63, 3.8) is 0 Å². The fourth-order valence-electron chi connectivity index (χ4n) is 2.47. The van der Waals surface area contributed by atoms with E-state index in [-0.39, 0.29) is 0 Å². The van der Waals surface area contributed by atoms with Crippen molar-refractivity contribution in [1.82, 2.24) is 9.78 Å². The Balaban J connectivity index is 2.23. The number of nitrogens with two attached hydrogens (primary N) is 1. The predicted molar refractivity (Wildman–Crippen MR) is 77.6 cm³/mol. The molecule has 3 nitrogen and oxygen atoms in total. The SMILES string of the molecule is CCCCCCCCCn1nc(C)c(CN)c1C. The monoisotopic (exact) mass is 251 g/mol. The van der Waals surface area contributed by atoms with E-state index < -0.39 is 0 Å². The van der Waals surface area contributed by atoms with Gasteiger partial charge in [0.1, 0.15) is 0 Å². The number of hydrogen-bond acceptors (Lipinski definition) is 2. The van der Waals surface area contributed by atoms with Crippen molar-refractivity contribution in [2.75, 3.05) is 0 Å². The highest BCUT2D eigenvalue weighted by atomic mass is 15.3. The largest absolute Gasteiger partial charge is 0.326 e. The van der Waals surface area contributed by atoms with E-state index in [9.17, 15) is 0 Å². The third-order valence-corrected chi connectivity index (χ3v) is 3.71. The van der Waals surface area contributed by atoms with Crippen LogP contribution in [0.5, 0.6) is 0 Å². The van der Waals surface area contributed by atoms with Crippen LogP contribution in [0.15, 0.2) is 0 Å². The van der Waals surface area contributed by atoms with E-state index in [0.717, 1.165) is 12.2 Å². The van der Waals surface area contributed by atoms with Crippen molar-refractivity contribution in [1.29, 1.82) is 0 Å². The van der Waals surface area contributed by atoms with Crippen LogP contribution in [-0.4, -0.2) is 9.78 Å². The maximum absolute atomic E-state index is 5.73. The van der Waals surface area contributed by atoms with E-state index >= 15 is 0 Å². The summed E-state index contributed by atoms with van der Waals surface area (Å²) in [5.41, 5.74) is 9.30. The van der Waals surface area contributed by atoms with Gasteiger partial charge < -0.3 is 5.73 Å². The number of aryl methyl sites for hydroxylation is 2. The summed E-state index contributed by atoms with van der Waals surface area (Å²) in [6.45, 7) is 8.09. The summed E-state index contributed by atoms with van der Waals surface area (Å²) < 4.78 is 2.13. The molecular weight excluding hydrogens is 222 g/mol. The molecule has 0 fully saturated rings. The van der Waals surface area contributed by atoms with Crippen molar-refractivity contribution in [2.24, 2.45) is 5.73 Å². The molecule has 1 aromatic heterocycles. The van der Waals surface area contributed by atoms with E-state index in [1.54, 1.807) is 0 Å². The van der Waals surface area contributed by atoms with Gasteiger partial charge >= 0.3 is 0 Å². The first kappa shape index (κ1) is 15.2. The highest BCUT2D eigenvalue weighted by Gasteiger charge is 2.08. The molecule has 0 aliphatic heterocycles. The summed E-state index contributed by atoms with van der Waals surface area (Å²) in [6.07, 6.45) is 9.42. The second-order valence-electron chi connectivity index (χ2n) is 5.20. The van der Waals surface area contributed by atoms with Crippen LogP contribution < -0.4 is 5.73 Å². The van der Waals surface area contributed by atoms with Gasteiger partial charge in [0.15, 0.2) is 0 Å². The van der Waals surface area contributed by atoms with Gasteiger partial charge in [-0.05, 0) is 20.3 Å². The number of hydrogen-bond donors (Lipinski definition) is 1. The smallest absolute Gasteiger partial charge is 0.0641 e. The van der Waals surface area contributed by atoms with Crippen LogP contribution in [0.2, 0.25) is 0 Å². The van der Waals surface area contributed by atoms with Gasteiger partial charge in [-0.15, -0.1) is 0 Å². The second kappa shape index (κ2) is 8.30. The van der Waals surface area contributed by atoms with E-state index in [4.69, 9.17) is 5.73 Å². The molecule has 0 saturated heterocycles. The van der Waals surface area contributed by atoms with Gasteiger partial charge in [-0.1, -0.05) is 45.4 Å². The quantitative estimate of drug-likeness (QED) is 0.680. The average Bonchev–Trinajstić information content (AvgIpc) is 2.63. The van der Waals surface area contributed by atoms with Crippen LogP contribution in [-0.2, 0) is 13.1 Å². The minimum Gasteiger partial charge on any atom is -0.326 e. The molecule has 1 rings (SSSR count). The number of nitrogens with zero attached hydrogens (tertiary/aromatic N) is 2. The van der Waals surface area contributed by atoms with Crippen molar-refractivity contribution in [3.05, 3.63) is 17.0 Å². The molecule has 0 atom stereocenters. The third-order valence-electron chi connectivity index (χ3n) is 3.71. The van der Waals surface area contributed by atoms with Crippen LogP contribution in [0.25, 0.3) is 0 Å². The summed E-state index contributed by atoms with van der Waals surface area (Å²) in [6, 6.07) is 0. The summed E-state index contributed by atoms with van der Waals surface area (Å²) in [4.78, 5) is 0. The average molecular weight is 251 g/mol. The molecule has 0 radical (unpaired) electrons. The topological polar surface area (TPSA) is 43.8 Å². The lowest BCUT2D eigenvalue weighted by Gasteiger charge is -2.05. The molecule has 0 aromatic carbocycles. The first-order chi connectivity index (χ1) is 8.70. The molecule has 0 amide bonds. The van der Waals surface area contributed by atoms with Gasteiger partial charge in [0.2, 0.25) is 0 Å². The van der Waals surface area contributed by atoms with Gasteiger partial charge in [0.05, 0.1) is 5.69 Å². The number of unbranched alkanes of at least 4 members (excludes halogenated alkanes) is 6. The second-order valence-corrected chi connectivity index (χ2v) is 5.20. The minimum atomic E-state index is 0.606. The molecule has 0 saturated carbocycles. The highest BCUT2D eigenvalue weighted by Crippen LogP contribution is 2.14. The molecule has 18 heavy (non-hydrogen) atoms. The molecular formula is C15H29N3. The van der Waals surface area contributed by atoms with Crippen LogP contribution in [0.3, 0.4) is 0 Å². The Kier molecular flexibility index (Phi) is 7.02. The molecule has 0 aliphatic carbocycles. The van der Waals surface area contributed by atoms with Crippen molar-refractivity contribution < 1.29 is 0 Å². The van der Waals surface area contributed by atoms with E-state index in [2.05, 4.69) is 30.6 Å². The molecule has 3 heteroatoms. The van der Waals surface area contributed by atoms with Crippen LogP contribution >= 0.6 is 0 Å². The Bertz CT molecular complexity index is 342. The van der Waals surface area contributed by atoms with E-state index in [1.807, 2.05) is 0 Å². The van der Waals surface area contributed by atoms with Crippen molar-refractivity contribution >= 4 is 0 Å². The predicted octanol–water partition coefficient (Wildman–Crippen LogP) is 3.71. The summed E-state index contributed by atoms with van der Waals surface area (Å²) >= 11 is 0. The molecule has 0 aliphatic rings. The zero-order chi connectivity index (χ0) is 13.4. The van der Waals surface area contributed by atoms with Crippen molar-refractivity contribution in [2.45, 2.75) is 78.8 Å². The zero-order valence-corrected chi connectivity index (χ0v) is 12.3. The maximum atomic E-state index is 5.73. The summed E-state index contributed by atoms with van der Waals surface area (Å²) in [5, 5.41) is 4.56. The Labute approximate surface area is 112 Å². The lowest BCUT2D eigenvalue weighted by molar-refractivity contribution is 0.514. The lowest BCUT2D eigenvalue weighted by Crippen LogP contribution is -2.04. The van der Waals surface area contributed by atoms with Gasteiger partial charge in [0, 0.05) is 24.3 Å². The summed E-state index contributed by atoms with van der Waals surface area (Å²) in [7, 11) is 0. The Morgan fingerprint density at radius 2 is 1.61 bits per heavy atom. The van der Waals surface area contributed by atoms with Crippen LogP contribution in [0.1, 0.15) is 68.8 Å². The first-order valence-corrected chi connectivity index (χ1v) is 7.43. The van der Waals surface area contributed by atoms with E-state index in [1.165, 1.54) is 56.2 Å². The van der Waals surface area contributed by atoms with Gasteiger partial charge in [-0.3, -0.25) is 4.68 Å². The summed E-state index contributed by atoms with van der Waals surface area (Å²) in [5.74, 6) is 0. The Hall–Kier alpha value is -0.830. The standard InChI is InChI=1S/C15H29N3/c1-4-5-6-7-8-9-10-11-18-14(3)15(12-16)13(2)17-18/h4-12,16H2,1-3H3. The molecule has 104 valence electrons. The van der Waals surface area contributed by atoms with E-state index in [0.29, 0.717) is 6.54 Å². The Morgan fingerprint density at radius 1 is 1.00 bits per heavy atom. The fraction of sp³-hybridized carbons (Fsp3) is 0.800. The number of aromatic nitrogens is 2. The fourth-order valence-corrected chi connectivity index (χ4v) is 2.47. The molecule has 2 N–H and O–H groups in total. The highest BCUT2D eigenvalue weighted by molar-refractivity contribution is 5.23. The van der Waals surface area contributed by atoms with Crippen molar-refractivity contribution in [3.8, 4) is 0 Å². The number of rotatable bonds is 9. The first-order valence-electron chi connectivity index (χ1n) is 7.43. The zero-order valence-electron chi connectivity index (χ0n) is 12.3. The lowest BCUT2D eigenvalue weighted by atomic mass is 10.1. The molecule has 0 bridgehead atoms. The van der Waals surface area contributed by atoms with Crippen LogP contribution in [0, 0.1) is 13.8 Å². The third kappa shape index (κ3) is 4.45. The van der Waals surface area contributed by atoms with Crippen LogP contribution in [0.4, 0.5) is 0 Å². The Morgan fingerprint density at radius 3 is 2.17 bits per heavy atom. The maximum Gasteiger partial charge on any atom is 0.0641 e.